The molecule has 0 aliphatic rings. The van der Waals surface area contributed by atoms with Crippen LogP contribution < -0.4 is 5.32 Å². The van der Waals surface area contributed by atoms with E-state index in [9.17, 15) is 0 Å². The van der Waals surface area contributed by atoms with Gasteiger partial charge >= 0.3 is 0 Å². The molecule has 0 aromatic carbocycles. The molecule has 0 aliphatic carbocycles. The molecule has 0 saturated heterocycles. The highest BCUT2D eigenvalue weighted by molar-refractivity contribution is 9.10. The van der Waals surface area contributed by atoms with Crippen LogP contribution in [0, 0.1) is 0 Å². The molecule has 2 aromatic rings. The van der Waals surface area contributed by atoms with E-state index in [-0.39, 0.29) is 6.04 Å². The number of aryl methyl sites for hydroxylation is 2. The Labute approximate surface area is 128 Å². The average molecular weight is 338 g/mol. The summed E-state index contributed by atoms with van der Waals surface area (Å²) in [6.45, 7) is 5.10. The monoisotopic (exact) mass is 337 g/mol. The van der Waals surface area contributed by atoms with Crippen LogP contribution in [0.1, 0.15) is 37.0 Å². The van der Waals surface area contributed by atoms with Gasteiger partial charge in [-0.05, 0) is 28.9 Å². The molecule has 2 rings (SSSR count). The maximum atomic E-state index is 4.54. The lowest BCUT2D eigenvalue weighted by atomic mass is 10.1. The first-order valence-electron chi connectivity index (χ1n) is 6.86. The van der Waals surface area contributed by atoms with E-state index in [0.717, 1.165) is 35.2 Å². The van der Waals surface area contributed by atoms with Crippen molar-refractivity contribution in [3.8, 4) is 0 Å². The number of aromatic nitrogens is 4. The third kappa shape index (κ3) is 3.24. The van der Waals surface area contributed by atoms with Gasteiger partial charge in [0.1, 0.15) is 0 Å². The molecule has 20 heavy (non-hydrogen) atoms. The molecule has 108 valence electrons. The van der Waals surface area contributed by atoms with Crippen LogP contribution in [0.2, 0.25) is 0 Å². The van der Waals surface area contributed by atoms with Crippen LogP contribution in [-0.2, 0) is 19.9 Å². The van der Waals surface area contributed by atoms with Crippen LogP contribution >= 0.6 is 15.9 Å². The Kier molecular flexibility index (Phi) is 5.25. The van der Waals surface area contributed by atoms with Crippen molar-refractivity contribution in [1.29, 1.82) is 0 Å². The van der Waals surface area contributed by atoms with Gasteiger partial charge in [-0.1, -0.05) is 13.8 Å². The topological polar surface area (TPSA) is 55.6 Å². The number of nitrogens with one attached hydrogen (secondary N) is 1. The van der Waals surface area contributed by atoms with Crippen molar-refractivity contribution in [1.82, 2.24) is 25.1 Å². The van der Waals surface area contributed by atoms with Crippen LogP contribution in [-0.4, -0.2) is 26.3 Å². The smallest absolute Gasteiger partial charge is 0.0766 e. The third-order valence-corrected chi connectivity index (χ3v) is 4.21. The predicted molar refractivity (Wildman–Crippen MR) is 82.4 cm³/mol. The highest BCUT2D eigenvalue weighted by Crippen LogP contribution is 2.26. The number of rotatable bonds is 6. The van der Waals surface area contributed by atoms with E-state index < -0.39 is 0 Å². The summed E-state index contributed by atoms with van der Waals surface area (Å²) in [5.74, 6) is 0. The van der Waals surface area contributed by atoms with Crippen LogP contribution in [0.25, 0.3) is 0 Å². The van der Waals surface area contributed by atoms with Crippen molar-refractivity contribution in [3.63, 3.8) is 0 Å². The molecule has 0 radical (unpaired) electrons. The number of likely N-dealkylation sites (N-methyl/N-ethyl adjacent to an activating group) is 1. The van der Waals surface area contributed by atoms with Crippen molar-refractivity contribution in [2.24, 2.45) is 7.05 Å². The average Bonchev–Trinajstić information content (AvgIpc) is 2.75. The summed E-state index contributed by atoms with van der Waals surface area (Å²) >= 11 is 3.67. The summed E-state index contributed by atoms with van der Waals surface area (Å²) in [4.78, 5) is 8.57. The Morgan fingerprint density at radius 1 is 1.35 bits per heavy atom. The molecular formula is C14H20BrN5. The van der Waals surface area contributed by atoms with Crippen molar-refractivity contribution in [2.75, 3.05) is 6.54 Å². The molecule has 1 unspecified atom stereocenters. The molecule has 0 aliphatic heterocycles. The Morgan fingerprint density at radius 2 is 2.15 bits per heavy atom. The Hall–Kier alpha value is -1.27. The van der Waals surface area contributed by atoms with Crippen LogP contribution in [0.3, 0.4) is 0 Å². The predicted octanol–water partition coefficient (Wildman–Crippen LogP) is 2.43. The van der Waals surface area contributed by atoms with Crippen LogP contribution in [0.4, 0.5) is 0 Å². The molecule has 2 heterocycles. The van der Waals surface area contributed by atoms with Gasteiger partial charge < -0.3 is 5.32 Å². The maximum Gasteiger partial charge on any atom is 0.0766 e. The standard InChI is InChI=1S/C14H20BrN5/c1-4-10-14(15)13(20(3)19-10)8-11(17-5-2)12-9-16-6-7-18-12/h6-7,9,11,17H,4-5,8H2,1-3H3. The second-order valence-electron chi connectivity index (χ2n) is 4.63. The first kappa shape index (κ1) is 15.1. The van der Waals surface area contributed by atoms with Gasteiger partial charge in [-0.2, -0.15) is 5.10 Å². The number of halogens is 1. The second kappa shape index (κ2) is 6.95. The van der Waals surface area contributed by atoms with Gasteiger partial charge in [-0.15, -0.1) is 0 Å². The normalized spacial score (nSPS) is 12.6. The highest BCUT2D eigenvalue weighted by Gasteiger charge is 2.19. The molecule has 0 spiro atoms. The van der Waals surface area contributed by atoms with Gasteiger partial charge in [0.25, 0.3) is 0 Å². The minimum absolute atomic E-state index is 0.144. The molecule has 0 saturated carbocycles. The molecule has 0 fully saturated rings. The van der Waals surface area contributed by atoms with Gasteiger partial charge in [0.2, 0.25) is 0 Å². The van der Waals surface area contributed by atoms with E-state index in [1.165, 1.54) is 5.69 Å². The number of hydrogen-bond acceptors (Lipinski definition) is 4. The van der Waals surface area contributed by atoms with Crippen molar-refractivity contribution >= 4 is 15.9 Å². The van der Waals surface area contributed by atoms with Gasteiger partial charge in [0.15, 0.2) is 0 Å². The SMILES string of the molecule is CCNC(Cc1c(Br)c(CC)nn1C)c1cnccn1. The maximum absolute atomic E-state index is 4.54. The van der Waals surface area contributed by atoms with Crippen molar-refractivity contribution < 1.29 is 0 Å². The fourth-order valence-electron chi connectivity index (χ4n) is 2.25. The largest absolute Gasteiger partial charge is 0.309 e. The summed E-state index contributed by atoms with van der Waals surface area (Å²) in [7, 11) is 1.99. The van der Waals surface area contributed by atoms with Crippen LogP contribution in [0.15, 0.2) is 23.1 Å². The minimum atomic E-state index is 0.144. The number of hydrogen-bond donors (Lipinski definition) is 1. The zero-order valence-corrected chi connectivity index (χ0v) is 13.7. The Morgan fingerprint density at radius 3 is 2.70 bits per heavy atom. The lowest BCUT2D eigenvalue weighted by molar-refractivity contribution is 0.515. The lowest BCUT2D eigenvalue weighted by Crippen LogP contribution is -2.25. The molecule has 0 bridgehead atoms. The fraction of sp³-hybridized carbons (Fsp3) is 0.500. The minimum Gasteiger partial charge on any atom is -0.309 e. The van der Waals surface area contributed by atoms with E-state index in [1.54, 1.807) is 12.4 Å². The summed E-state index contributed by atoms with van der Waals surface area (Å²) in [5.41, 5.74) is 3.23. The highest BCUT2D eigenvalue weighted by atomic mass is 79.9. The molecule has 1 atom stereocenters. The van der Waals surface area contributed by atoms with Crippen molar-refractivity contribution in [2.45, 2.75) is 32.7 Å². The lowest BCUT2D eigenvalue weighted by Gasteiger charge is -2.17. The van der Waals surface area contributed by atoms with E-state index in [0.29, 0.717) is 0 Å². The van der Waals surface area contributed by atoms with E-state index in [2.05, 4.69) is 50.2 Å². The molecule has 0 amide bonds. The van der Waals surface area contributed by atoms with Gasteiger partial charge in [0.05, 0.1) is 27.6 Å². The Bertz CT molecular complexity index is 552. The van der Waals surface area contributed by atoms with E-state index >= 15 is 0 Å². The van der Waals surface area contributed by atoms with E-state index in [4.69, 9.17) is 0 Å². The Balaban J connectivity index is 2.27. The quantitative estimate of drug-likeness (QED) is 0.879. The summed E-state index contributed by atoms with van der Waals surface area (Å²) in [6, 6.07) is 0.144. The van der Waals surface area contributed by atoms with E-state index in [1.807, 2.05) is 17.9 Å². The zero-order chi connectivity index (χ0) is 14.5. The molecule has 5 nitrogen and oxygen atoms in total. The van der Waals surface area contributed by atoms with Crippen LogP contribution in [0.5, 0.6) is 0 Å². The fourth-order valence-corrected chi connectivity index (χ4v) is 3.03. The number of nitrogens with zero attached hydrogens (tertiary/aromatic N) is 4. The summed E-state index contributed by atoms with van der Waals surface area (Å²) in [6.07, 6.45) is 7.00. The third-order valence-electron chi connectivity index (χ3n) is 3.29. The molecular weight excluding hydrogens is 318 g/mol. The second-order valence-corrected chi connectivity index (χ2v) is 5.42. The summed E-state index contributed by atoms with van der Waals surface area (Å²) < 4.78 is 3.05. The summed E-state index contributed by atoms with van der Waals surface area (Å²) in [5, 5.41) is 8.01. The van der Waals surface area contributed by atoms with Gasteiger partial charge in [-0.25, -0.2) is 0 Å². The first-order valence-corrected chi connectivity index (χ1v) is 7.66. The molecule has 1 N–H and O–H groups in total. The zero-order valence-electron chi connectivity index (χ0n) is 12.1. The molecule has 2 aromatic heterocycles. The van der Waals surface area contributed by atoms with Crippen molar-refractivity contribution in [3.05, 3.63) is 40.1 Å². The van der Waals surface area contributed by atoms with Gasteiger partial charge in [-0.3, -0.25) is 14.6 Å². The first-order chi connectivity index (χ1) is 9.67. The molecule has 6 heteroatoms. The van der Waals surface area contributed by atoms with Gasteiger partial charge in [0, 0.05) is 32.1 Å².